The zero-order chi connectivity index (χ0) is 90.1. The standard InChI is InChI=1S/C91H133N11O24/c1-58-15-9-8-10-16-59(2)75(113-6)53-68-18-14-21-78(104)91(112,126-68)88(110)101-29-12-11-19-71(101)87(109)123-76(54-72(103)60(3)48-62(5)83(107)84(108)82(106)61(4)47-58)69(92)50-63-17-13-20-74(77(51-63)114-7)125-90(111)95-28-32-116-34-36-118-38-40-120-42-44-122-46-45-121-43-41-119-39-37-117-35-33-115-31-27-79(105)100-30-26-65-49-64(22-23-67(65)56-100)55-102-86-80(85(93)96-57-97-86)81(99-102)66-24-25-73-70(52-66)98-89(94)124-73/h8-10,15-16,22-25,48-49,52,57-58,60-61,63,68-69,71-72,74-77,83-84,103,107-108,112H,11-14,17-21,26-47,50-51,53-56,92H2,1-7H3,(H2,94,98)(H,95,111)(H2,93,96,97)/b10-8+,15-9+,59-16+,62-48+/t58-,60-,61-,63-,68+,69-,71+,72-,74-,75+,76+,77-,83-,84+,91?/m1/s1. The molecule has 4 aliphatic heterocycles. The summed E-state index contributed by atoms with van der Waals surface area (Å²) in [5, 5.41) is 55.1. The molecular formula is C91H133N11O24. The smallest absolute Gasteiger partial charge is 0.407 e. The molecule has 0 radical (unpaired) electrons. The maximum Gasteiger partial charge on any atom is 0.407 e. The van der Waals surface area contributed by atoms with Crippen LogP contribution in [0.1, 0.15) is 148 Å². The third kappa shape index (κ3) is 29.5. The molecule has 1 aliphatic carbocycles. The maximum atomic E-state index is 14.8. The van der Waals surface area contributed by atoms with Crippen molar-refractivity contribution in [1.29, 1.82) is 0 Å². The van der Waals surface area contributed by atoms with Crippen LogP contribution in [0.15, 0.2) is 94.7 Å². The highest BCUT2D eigenvalue weighted by Crippen LogP contribution is 2.37. The number of piperidine rings is 1. The van der Waals surface area contributed by atoms with Crippen LogP contribution >= 0.6 is 0 Å². The van der Waals surface area contributed by atoms with E-state index < -0.39 is 108 Å². The molecule has 10 rings (SSSR count). The number of benzene rings is 2. The second-order valence-electron chi connectivity index (χ2n) is 33.4. The first-order valence-electron chi connectivity index (χ1n) is 44.4. The van der Waals surface area contributed by atoms with Crippen LogP contribution in [0.4, 0.5) is 16.6 Å². The maximum absolute atomic E-state index is 14.8. The third-order valence-electron chi connectivity index (χ3n) is 23.9. The fraction of sp³-hybridized carbons (Fsp3) is 0.648. The Labute approximate surface area is 737 Å². The molecule has 3 aromatic heterocycles. The van der Waals surface area contributed by atoms with Crippen LogP contribution in [0.5, 0.6) is 0 Å². The quantitative estimate of drug-likeness (QED) is 0.00648. The van der Waals surface area contributed by atoms with Gasteiger partial charge in [-0.2, -0.15) is 10.1 Å². The van der Waals surface area contributed by atoms with E-state index in [1.807, 2.05) is 65.9 Å². The zero-order valence-corrected chi connectivity index (χ0v) is 74.1. The molecule has 1 unspecified atom stereocenters. The SMILES string of the molecule is CO[C@H]1C[C@@H]2CCCC(=O)C(O)(O2)C(=O)N2CCCC[C@H]2C(=O)O[C@H]([C@H](N)C[C@H]2CCC[C@@H](OC(=O)NCCOCCOCCOCCOCCOCCOCCOCCOCCC(=O)N3CCc4cc(Cn5nc(-c6ccc7oc(N)nc7c6)c6c(N)ncnc65)ccc4C3)[C@H](OC)C2)C[C@@H](O)[C@H](C)/C=C(\C)[C@@H](O)[C@@H](O)C(=O)[C@H](C)C[C@H](C)/C=C/C=C/C=C/1C. The number of nitrogens with one attached hydrogen (secondary N) is 1. The average molecular weight is 1770 g/mol. The fourth-order valence-corrected chi connectivity index (χ4v) is 16.8. The van der Waals surface area contributed by atoms with E-state index in [1.54, 1.807) is 32.9 Å². The molecule has 2 saturated heterocycles. The molecule has 11 N–H and O–H groups in total. The number of anilines is 2. The molecule has 5 aliphatic rings. The average Bonchev–Trinajstić information content (AvgIpc) is 1.58. The lowest BCUT2D eigenvalue weighted by atomic mass is 9.86. The van der Waals surface area contributed by atoms with Crippen molar-refractivity contribution in [1.82, 2.24) is 39.8 Å². The number of aromatic nitrogens is 5. The van der Waals surface area contributed by atoms with Gasteiger partial charge in [-0.3, -0.25) is 19.2 Å². The van der Waals surface area contributed by atoms with Crippen molar-refractivity contribution < 1.29 is 115 Å². The molecule has 3 amide bonds. The Morgan fingerprint density at radius 1 is 0.690 bits per heavy atom. The van der Waals surface area contributed by atoms with Crippen LogP contribution in [-0.4, -0.2) is 297 Å². The molecule has 3 fully saturated rings. The minimum Gasteiger partial charge on any atom is -0.459 e. The molecule has 5 aromatic rings. The van der Waals surface area contributed by atoms with Gasteiger partial charge in [-0.15, -0.1) is 0 Å². The first-order chi connectivity index (χ1) is 60.8. The van der Waals surface area contributed by atoms with Gasteiger partial charge in [0.2, 0.25) is 11.7 Å². The van der Waals surface area contributed by atoms with Crippen molar-refractivity contribution in [3.63, 3.8) is 0 Å². The minimum absolute atomic E-state index is 0.00982. The number of Topliss-reactive ketones (excluding diaryl/α,β-unsaturated/α-hetero) is 2. The van der Waals surface area contributed by atoms with Gasteiger partial charge in [0, 0.05) is 83.1 Å². The van der Waals surface area contributed by atoms with E-state index >= 15 is 0 Å². The van der Waals surface area contributed by atoms with E-state index in [1.165, 1.54) is 26.1 Å². The van der Waals surface area contributed by atoms with Gasteiger partial charge in [-0.25, -0.2) is 24.2 Å². The molecular weight excluding hydrogens is 1630 g/mol. The van der Waals surface area contributed by atoms with E-state index in [0.29, 0.717) is 204 Å². The van der Waals surface area contributed by atoms with Gasteiger partial charge in [-0.1, -0.05) is 81.8 Å². The number of cyclic esters (lactones) is 1. The van der Waals surface area contributed by atoms with Crippen LogP contribution in [0.2, 0.25) is 0 Å². The van der Waals surface area contributed by atoms with E-state index in [-0.39, 0.29) is 94.2 Å². The molecule has 126 heavy (non-hydrogen) atoms. The number of aliphatic hydroxyl groups excluding tert-OH is 3. The summed E-state index contributed by atoms with van der Waals surface area (Å²) in [5.74, 6) is -7.38. The third-order valence-corrected chi connectivity index (χ3v) is 23.9. The Balaban J connectivity index is 0.553. The fourth-order valence-electron chi connectivity index (χ4n) is 16.8. The number of nitrogens with two attached hydrogens (primary N) is 3. The Morgan fingerprint density at radius 3 is 2.06 bits per heavy atom. The summed E-state index contributed by atoms with van der Waals surface area (Å²) in [7, 11) is 3.07. The van der Waals surface area contributed by atoms with Crippen molar-refractivity contribution in [2.45, 2.75) is 217 Å². The Hall–Kier alpha value is -8.60. The molecule has 1 saturated carbocycles. The number of hydrogen-bond acceptors (Lipinski definition) is 31. The minimum atomic E-state index is -2.90. The molecule has 2 bridgehead atoms. The number of ketones is 2. The Morgan fingerprint density at radius 2 is 1.37 bits per heavy atom. The lowest BCUT2D eigenvalue weighted by Crippen LogP contribution is -2.61. The predicted octanol–water partition coefficient (Wildman–Crippen LogP) is 7.16. The number of aliphatic hydroxyl groups is 4. The predicted molar refractivity (Wildman–Crippen MR) is 465 cm³/mol. The highest BCUT2D eigenvalue weighted by molar-refractivity contribution is 6.08. The number of methoxy groups -OCH3 is 2. The van der Waals surface area contributed by atoms with E-state index in [4.69, 9.17) is 88.3 Å². The topological polar surface area (TPSA) is 470 Å². The van der Waals surface area contributed by atoms with Crippen molar-refractivity contribution in [2.75, 3.05) is 151 Å². The molecule has 696 valence electrons. The van der Waals surface area contributed by atoms with Gasteiger partial charge < -0.3 is 119 Å². The number of alkyl carbamates (subject to hydrolysis) is 1. The van der Waals surface area contributed by atoms with Gasteiger partial charge in [0.25, 0.3) is 11.9 Å². The van der Waals surface area contributed by atoms with Gasteiger partial charge in [0.15, 0.2) is 17.0 Å². The number of carbonyl (C=O) groups is 6. The molecule has 35 heteroatoms. The van der Waals surface area contributed by atoms with Crippen molar-refractivity contribution >= 4 is 69.4 Å². The number of fused-ring (bicyclic) bond motifs is 6. The first kappa shape index (κ1) is 99.6. The normalized spacial score (nSPS) is 27.2. The summed E-state index contributed by atoms with van der Waals surface area (Å²) < 4.78 is 82.7. The molecule has 7 heterocycles. The summed E-state index contributed by atoms with van der Waals surface area (Å²) in [6.45, 7) is 16.3. The van der Waals surface area contributed by atoms with Crippen LogP contribution in [-0.2, 0) is 105 Å². The molecule has 2 aromatic carbocycles. The number of ether oxygens (including phenoxy) is 13. The van der Waals surface area contributed by atoms with Gasteiger partial charge in [0.1, 0.15) is 53.8 Å². The lowest BCUT2D eigenvalue weighted by molar-refractivity contribution is -0.230. The largest absolute Gasteiger partial charge is 0.459 e. The van der Waals surface area contributed by atoms with Crippen LogP contribution in [0.3, 0.4) is 0 Å². The molecule has 15 atom stereocenters. The summed E-state index contributed by atoms with van der Waals surface area (Å²) in [4.78, 5) is 99.5. The van der Waals surface area contributed by atoms with Gasteiger partial charge in [0.05, 0.1) is 148 Å². The number of esters is 1. The van der Waals surface area contributed by atoms with E-state index in [2.05, 4.69) is 38.5 Å². The van der Waals surface area contributed by atoms with Crippen LogP contribution < -0.4 is 22.5 Å². The Kier molecular flexibility index (Phi) is 40.3. The number of carbonyl (C=O) groups excluding carboxylic acids is 6. The number of nitrogens with zero attached hydrogens (tertiary/aromatic N) is 7. The van der Waals surface area contributed by atoms with Gasteiger partial charge >= 0.3 is 17.8 Å². The highest BCUT2D eigenvalue weighted by Gasteiger charge is 2.53. The van der Waals surface area contributed by atoms with Crippen LogP contribution in [0.25, 0.3) is 33.4 Å². The number of hydrogen-bond donors (Lipinski definition) is 8. The lowest BCUT2D eigenvalue weighted by Gasteiger charge is -2.40. The zero-order valence-electron chi connectivity index (χ0n) is 74.1. The highest BCUT2D eigenvalue weighted by atomic mass is 16.6. The number of allylic oxidation sites excluding steroid dienone is 5. The number of amides is 3. The summed E-state index contributed by atoms with van der Waals surface area (Å²) in [5.41, 5.74) is 26.8. The van der Waals surface area contributed by atoms with E-state index in [9.17, 15) is 49.2 Å². The molecule has 35 nitrogen and oxygen atoms in total. The van der Waals surface area contributed by atoms with Crippen molar-refractivity contribution in [3.8, 4) is 11.3 Å². The second kappa shape index (κ2) is 51.0. The summed E-state index contributed by atoms with van der Waals surface area (Å²) >= 11 is 0. The van der Waals surface area contributed by atoms with E-state index in [0.717, 1.165) is 33.6 Å². The number of oxazole rings is 1. The van der Waals surface area contributed by atoms with Crippen molar-refractivity contribution in [2.24, 2.45) is 29.4 Å². The second-order valence-corrected chi connectivity index (χ2v) is 33.4. The first-order valence-corrected chi connectivity index (χ1v) is 44.4. The monoisotopic (exact) mass is 1760 g/mol. The summed E-state index contributed by atoms with van der Waals surface area (Å²) in [6, 6.07) is 9.73. The Bertz CT molecular complexity index is 4420. The van der Waals surface area contributed by atoms with Gasteiger partial charge in [-0.05, 0) is 142 Å². The van der Waals surface area contributed by atoms with Crippen LogP contribution in [0, 0.1) is 23.7 Å². The summed E-state index contributed by atoms with van der Waals surface area (Å²) in [6.07, 6.45) is 8.87. The molecule has 0 spiro atoms. The number of rotatable bonds is 36. The number of nitrogen functional groups attached to an aromatic ring is 2. The van der Waals surface area contributed by atoms with Crippen molar-refractivity contribution in [3.05, 3.63) is 107 Å².